The first-order valence-corrected chi connectivity index (χ1v) is 7.84. The number of nitrogens with one attached hydrogen (secondary N) is 1. The minimum atomic E-state index is -0.570. The molecule has 4 nitrogen and oxygen atoms in total. The summed E-state index contributed by atoms with van der Waals surface area (Å²) in [5.74, 6) is 0.463. The molecule has 1 N–H and O–H groups in total. The van der Waals surface area contributed by atoms with E-state index in [4.69, 9.17) is 27.9 Å². The second-order valence-electron chi connectivity index (χ2n) is 5.25. The number of carbonyl (C=O) groups excluding carboxylic acids is 1. The molecular weight excluding hydrogens is 347 g/mol. The summed E-state index contributed by atoms with van der Waals surface area (Å²) in [6.07, 6.45) is 1.53. The Kier molecular flexibility index (Phi) is 7.77. The molecule has 1 aliphatic rings. The standard InChI is InChI=1S/C15H20Cl2N2O2.ClH/c1-10(21-14-6-5-11(16)8-13(14)17)15(20)19-7-3-4-12(9-19)18-2;/h5-6,8,10,12,18H,3-4,7,9H2,1-2H3;1H. The number of nitrogens with zero attached hydrogens (tertiary/aromatic N) is 1. The molecule has 0 radical (unpaired) electrons. The average Bonchev–Trinajstić information content (AvgIpc) is 2.49. The molecule has 2 unspecified atom stereocenters. The number of likely N-dealkylation sites (N-methyl/N-ethyl adjacent to an activating group) is 1. The van der Waals surface area contributed by atoms with Crippen LogP contribution in [0.5, 0.6) is 5.75 Å². The molecular formula is C15H21Cl3N2O2. The fourth-order valence-electron chi connectivity index (χ4n) is 2.48. The SMILES string of the molecule is CNC1CCCN(C(=O)C(C)Oc2ccc(Cl)cc2Cl)C1.Cl. The summed E-state index contributed by atoms with van der Waals surface area (Å²) < 4.78 is 5.68. The summed E-state index contributed by atoms with van der Waals surface area (Å²) in [4.78, 5) is 14.3. The van der Waals surface area contributed by atoms with Gasteiger partial charge in [-0.25, -0.2) is 0 Å². The first kappa shape index (κ1) is 19.4. The molecule has 0 aromatic heterocycles. The van der Waals surface area contributed by atoms with Crippen LogP contribution < -0.4 is 10.1 Å². The maximum Gasteiger partial charge on any atom is 0.263 e. The van der Waals surface area contributed by atoms with Crippen LogP contribution in [0, 0.1) is 0 Å². The topological polar surface area (TPSA) is 41.6 Å². The zero-order chi connectivity index (χ0) is 15.4. The number of rotatable bonds is 4. The van der Waals surface area contributed by atoms with Crippen molar-refractivity contribution in [3.63, 3.8) is 0 Å². The summed E-state index contributed by atoms with van der Waals surface area (Å²) in [7, 11) is 1.92. The zero-order valence-corrected chi connectivity index (χ0v) is 15.0. The van der Waals surface area contributed by atoms with E-state index in [2.05, 4.69) is 5.32 Å². The molecule has 2 rings (SSSR count). The Balaban J connectivity index is 0.00000242. The Bertz CT molecular complexity index is 514. The summed E-state index contributed by atoms with van der Waals surface area (Å²) in [5.41, 5.74) is 0. The fourth-order valence-corrected chi connectivity index (χ4v) is 2.93. The van der Waals surface area contributed by atoms with Gasteiger partial charge in [0.1, 0.15) is 5.75 Å². The first-order valence-electron chi connectivity index (χ1n) is 7.09. The summed E-state index contributed by atoms with van der Waals surface area (Å²) in [6, 6.07) is 5.33. The molecule has 0 spiro atoms. The van der Waals surface area contributed by atoms with Crippen molar-refractivity contribution in [2.24, 2.45) is 0 Å². The van der Waals surface area contributed by atoms with Crippen LogP contribution in [0.4, 0.5) is 0 Å². The Labute approximate surface area is 147 Å². The predicted molar refractivity (Wildman–Crippen MR) is 92.5 cm³/mol. The number of amides is 1. The highest BCUT2D eigenvalue weighted by atomic mass is 35.5. The lowest BCUT2D eigenvalue weighted by Gasteiger charge is -2.34. The highest BCUT2D eigenvalue weighted by Gasteiger charge is 2.27. The van der Waals surface area contributed by atoms with Gasteiger partial charge in [-0.15, -0.1) is 12.4 Å². The van der Waals surface area contributed by atoms with Crippen molar-refractivity contribution >= 4 is 41.5 Å². The normalized spacial score (nSPS) is 19.3. The van der Waals surface area contributed by atoms with E-state index in [1.54, 1.807) is 25.1 Å². The van der Waals surface area contributed by atoms with Crippen LogP contribution in [0.3, 0.4) is 0 Å². The third kappa shape index (κ3) is 4.92. The quantitative estimate of drug-likeness (QED) is 0.887. The second kappa shape index (κ2) is 8.82. The lowest BCUT2D eigenvalue weighted by Crippen LogP contribution is -2.50. The van der Waals surface area contributed by atoms with Gasteiger partial charge in [0.2, 0.25) is 0 Å². The van der Waals surface area contributed by atoms with E-state index in [9.17, 15) is 4.79 Å². The van der Waals surface area contributed by atoms with Gasteiger partial charge in [-0.05, 0) is 45.0 Å². The van der Waals surface area contributed by atoms with Crippen LogP contribution in [0.15, 0.2) is 18.2 Å². The largest absolute Gasteiger partial charge is 0.479 e. The van der Waals surface area contributed by atoms with Crippen LogP contribution in [-0.4, -0.2) is 43.1 Å². The van der Waals surface area contributed by atoms with Crippen molar-refractivity contribution in [2.75, 3.05) is 20.1 Å². The van der Waals surface area contributed by atoms with Crippen LogP contribution in [0.1, 0.15) is 19.8 Å². The molecule has 1 amide bonds. The van der Waals surface area contributed by atoms with E-state index >= 15 is 0 Å². The van der Waals surface area contributed by atoms with Gasteiger partial charge < -0.3 is 15.0 Å². The van der Waals surface area contributed by atoms with Crippen molar-refractivity contribution < 1.29 is 9.53 Å². The van der Waals surface area contributed by atoms with Gasteiger partial charge in [-0.2, -0.15) is 0 Å². The summed E-state index contributed by atoms with van der Waals surface area (Å²) in [6.45, 7) is 3.24. The molecule has 0 aliphatic carbocycles. The van der Waals surface area contributed by atoms with E-state index < -0.39 is 6.10 Å². The van der Waals surface area contributed by atoms with E-state index in [-0.39, 0.29) is 18.3 Å². The van der Waals surface area contributed by atoms with Crippen molar-refractivity contribution in [3.05, 3.63) is 28.2 Å². The van der Waals surface area contributed by atoms with Gasteiger partial charge in [-0.1, -0.05) is 23.2 Å². The molecule has 1 aromatic carbocycles. The third-order valence-corrected chi connectivity index (χ3v) is 4.22. The van der Waals surface area contributed by atoms with Crippen LogP contribution in [0.25, 0.3) is 0 Å². The van der Waals surface area contributed by atoms with Gasteiger partial charge in [0, 0.05) is 24.2 Å². The molecule has 2 atom stereocenters. The van der Waals surface area contributed by atoms with Crippen LogP contribution in [0.2, 0.25) is 10.0 Å². The van der Waals surface area contributed by atoms with Gasteiger partial charge in [0.25, 0.3) is 5.91 Å². The predicted octanol–water partition coefficient (Wildman–Crippen LogP) is 3.39. The van der Waals surface area contributed by atoms with Crippen molar-refractivity contribution in [1.29, 1.82) is 0 Å². The highest BCUT2D eigenvalue weighted by molar-refractivity contribution is 6.35. The Morgan fingerprint density at radius 2 is 2.18 bits per heavy atom. The maximum absolute atomic E-state index is 12.4. The van der Waals surface area contributed by atoms with Gasteiger partial charge >= 0.3 is 0 Å². The number of ether oxygens (including phenoxy) is 1. The van der Waals surface area contributed by atoms with E-state index in [0.29, 0.717) is 21.8 Å². The van der Waals surface area contributed by atoms with Crippen molar-refractivity contribution in [1.82, 2.24) is 10.2 Å². The van der Waals surface area contributed by atoms with Gasteiger partial charge in [-0.3, -0.25) is 4.79 Å². The Morgan fingerprint density at radius 1 is 1.45 bits per heavy atom. The monoisotopic (exact) mass is 366 g/mol. The number of hydrogen-bond acceptors (Lipinski definition) is 3. The molecule has 7 heteroatoms. The Hall–Kier alpha value is -0.680. The summed E-state index contributed by atoms with van der Waals surface area (Å²) >= 11 is 11.9. The van der Waals surface area contributed by atoms with Gasteiger partial charge in [0.15, 0.2) is 6.10 Å². The number of carbonyl (C=O) groups is 1. The third-order valence-electron chi connectivity index (χ3n) is 3.69. The molecule has 22 heavy (non-hydrogen) atoms. The highest BCUT2D eigenvalue weighted by Crippen LogP contribution is 2.28. The van der Waals surface area contributed by atoms with Gasteiger partial charge in [0.05, 0.1) is 5.02 Å². The number of benzene rings is 1. The zero-order valence-electron chi connectivity index (χ0n) is 12.6. The van der Waals surface area contributed by atoms with Crippen LogP contribution >= 0.6 is 35.6 Å². The second-order valence-corrected chi connectivity index (χ2v) is 6.09. The van der Waals surface area contributed by atoms with Crippen LogP contribution in [-0.2, 0) is 4.79 Å². The molecule has 1 saturated heterocycles. The minimum absolute atomic E-state index is 0. The summed E-state index contributed by atoms with van der Waals surface area (Å²) in [5, 5.41) is 4.17. The fraction of sp³-hybridized carbons (Fsp3) is 0.533. The molecule has 1 aromatic rings. The molecule has 1 fully saturated rings. The Morgan fingerprint density at radius 3 is 2.82 bits per heavy atom. The number of hydrogen-bond donors (Lipinski definition) is 1. The average molecular weight is 368 g/mol. The lowest BCUT2D eigenvalue weighted by atomic mass is 10.1. The minimum Gasteiger partial charge on any atom is -0.479 e. The number of likely N-dealkylation sites (tertiary alicyclic amines) is 1. The number of piperidine rings is 1. The molecule has 124 valence electrons. The first-order chi connectivity index (χ1) is 10.0. The molecule has 0 bridgehead atoms. The van der Waals surface area contributed by atoms with E-state index in [0.717, 1.165) is 25.9 Å². The van der Waals surface area contributed by atoms with Crippen molar-refractivity contribution in [3.8, 4) is 5.75 Å². The van der Waals surface area contributed by atoms with Crippen molar-refractivity contribution in [2.45, 2.75) is 31.9 Å². The maximum atomic E-state index is 12.4. The molecule has 0 saturated carbocycles. The van der Waals surface area contributed by atoms with E-state index in [1.807, 2.05) is 11.9 Å². The smallest absolute Gasteiger partial charge is 0.263 e. The molecule has 1 heterocycles. The lowest BCUT2D eigenvalue weighted by molar-refractivity contribution is -0.139. The molecule has 1 aliphatic heterocycles. The number of halogens is 3. The van der Waals surface area contributed by atoms with E-state index in [1.165, 1.54) is 0 Å².